The zero-order chi connectivity index (χ0) is 21.0. The fraction of sp³-hybridized carbons (Fsp3) is 0.593. The number of nitrogens with zero attached hydrogens (tertiary/aromatic N) is 3. The largest absolute Gasteiger partial charge is 0.299 e. The molecule has 3 fully saturated rings. The summed E-state index contributed by atoms with van der Waals surface area (Å²) in [6.45, 7) is 4.87. The van der Waals surface area contributed by atoms with E-state index < -0.39 is 0 Å². The molecule has 0 aliphatic heterocycles. The summed E-state index contributed by atoms with van der Waals surface area (Å²) in [5.74, 6) is 4.21. The van der Waals surface area contributed by atoms with Gasteiger partial charge in [0, 0.05) is 23.7 Å². The summed E-state index contributed by atoms with van der Waals surface area (Å²) in [7, 11) is 0. The Balaban J connectivity index is 1.30. The van der Waals surface area contributed by atoms with Gasteiger partial charge in [0.1, 0.15) is 5.78 Å². The van der Waals surface area contributed by atoms with Gasteiger partial charge in [0.05, 0.1) is 11.0 Å². The molecule has 1 aromatic carbocycles. The van der Waals surface area contributed by atoms with Crippen LogP contribution in [0.25, 0.3) is 16.8 Å². The van der Waals surface area contributed by atoms with E-state index in [0.717, 1.165) is 60.8 Å². The second kappa shape index (κ2) is 5.96. The SMILES string of the molecule is C[C@]12Cc3cn4c(nc3CC1CCC1C2CC[C@]2(C)C(=O)CCC12)nc1ccccc14. The van der Waals surface area contributed by atoms with Gasteiger partial charge in [-0.05, 0) is 91.7 Å². The summed E-state index contributed by atoms with van der Waals surface area (Å²) in [6, 6.07) is 8.36. The van der Waals surface area contributed by atoms with Gasteiger partial charge in [0.25, 0.3) is 0 Å². The minimum Gasteiger partial charge on any atom is -0.299 e. The van der Waals surface area contributed by atoms with Crippen molar-refractivity contribution in [2.45, 2.75) is 65.2 Å². The maximum Gasteiger partial charge on any atom is 0.235 e. The van der Waals surface area contributed by atoms with Crippen molar-refractivity contribution in [2.24, 2.45) is 34.5 Å². The Morgan fingerprint density at radius 3 is 2.81 bits per heavy atom. The van der Waals surface area contributed by atoms with Gasteiger partial charge in [-0.25, -0.2) is 9.97 Å². The number of hydrogen-bond donors (Lipinski definition) is 0. The Labute approximate surface area is 183 Å². The van der Waals surface area contributed by atoms with E-state index in [1.54, 1.807) is 0 Å². The van der Waals surface area contributed by atoms with Crippen molar-refractivity contribution >= 4 is 22.6 Å². The minimum atomic E-state index is -0.0274. The van der Waals surface area contributed by atoms with Crippen LogP contribution in [-0.2, 0) is 17.6 Å². The molecule has 7 rings (SSSR count). The molecular weight excluding hydrogens is 382 g/mol. The molecule has 2 heterocycles. The molecule has 4 aliphatic rings. The number of carbonyl (C=O) groups excluding carboxylic acids is 1. The van der Waals surface area contributed by atoms with Gasteiger partial charge < -0.3 is 0 Å². The first-order valence-corrected chi connectivity index (χ1v) is 12.3. The van der Waals surface area contributed by atoms with Gasteiger partial charge in [-0.3, -0.25) is 9.20 Å². The van der Waals surface area contributed by atoms with Crippen molar-refractivity contribution in [1.29, 1.82) is 0 Å². The van der Waals surface area contributed by atoms with Gasteiger partial charge in [-0.1, -0.05) is 26.0 Å². The molecule has 4 heteroatoms. The molecule has 2 aromatic heterocycles. The highest BCUT2D eigenvalue weighted by atomic mass is 16.1. The highest BCUT2D eigenvalue weighted by molar-refractivity contribution is 5.87. The van der Waals surface area contributed by atoms with Gasteiger partial charge in [0.15, 0.2) is 0 Å². The van der Waals surface area contributed by atoms with Gasteiger partial charge in [-0.15, -0.1) is 0 Å². The molecule has 0 saturated heterocycles. The average molecular weight is 414 g/mol. The topological polar surface area (TPSA) is 47.3 Å². The molecule has 3 aromatic rings. The summed E-state index contributed by atoms with van der Waals surface area (Å²) >= 11 is 0. The van der Waals surface area contributed by atoms with Gasteiger partial charge in [-0.2, -0.15) is 0 Å². The van der Waals surface area contributed by atoms with E-state index in [0.29, 0.717) is 23.0 Å². The molecule has 4 nitrogen and oxygen atoms in total. The standard InChI is InChI=1S/C27H31N3O/c1-26-12-11-20-18(19(26)9-10-24(26)31)8-7-17-13-22-16(14-27(17,20)2)15-30-23-6-4-3-5-21(23)28-25(30)29-22/h3-6,15,17-20H,7-14H2,1-2H3/t17?,18?,19?,20?,26-,27-/m0/s1. The number of ketones is 1. The number of benzene rings is 1. The lowest BCUT2D eigenvalue weighted by Gasteiger charge is -2.59. The van der Waals surface area contributed by atoms with E-state index in [-0.39, 0.29) is 5.41 Å². The maximum absolute atomic E-state index is 12.7. The molecule has 6 atom stereocenters. The second-order valence-electron chi connectivity index (χ2n) is 11.4. The molecule has 0 N–H and O–H groups in total. The summed E-state index contributed by atoms with van der Waals surface area (Å²) in [4.78, 5) is 22.6. The normalized spacial score (nSPS) is 39.2. The van der Waals surface area contributed by atoms with E-state index in [1.165, 1.54) is 30.5 Å². The quantitative estimate of drug-likeness (QED) is 0.495. The molecule has 4 aliphatic carbocycles. The highest BCUT2D eigenvalue weighted by Gasteiger charge is 2.60. The number of carbonyl (C=O) groups is 1. The second-order valence-corrected chi connectivity index (χ2v) is 11.4. The molecule has 0 amide bonds. The summed E-state index contributed by atoms with van der Waals surface area (Å²) in [6.07, 6.45) is 11.5. The molecule has 0 spiro atoms. The van der Waals surface area contributed by atoms with Crippen LogP contribution < -0.4 is 0 Å². The number of imidazole rings is 1. The Morgan fingerprint density at radius 2 is 1.90 bits per heavy atom. The number of aromatic nitrogens is 3. The molecule has 31 heavy (non-hydrogen) atoms. The number of para-hydroxylation sites is 2. The fourth-order valence-electron chi connectivity index (χ4n) is 8.55. The van der Waals surface area contributed by atoms with E-state index in [1.807, 2.05) is 0 Å². The van der Waals surface area contributed by atoms with Crippen LogP contribution in [0.1, 0.15) is 63.6 Å². The van der Waals surface area contributed by atoms with Crippen molar-refractivity contribution in [2.75, 3.05) is 0 Å². The summed E-state index contributed by atoms with van der Waals surface area (Å²) in [5, 5.41) is 0. The number of fused-ring (bicyclic) bond motifs is 9. The average Bonchev–Trinajstić information content (AvgIpc) is 3.27. The Bertz CT molecular complexity index is 1240. The molecule has 0 bridgehead atoms. The van der Waals surface area contributed by atoms with E-state index >= 15 is 0 Å². The van der Waals surface area contributed by atoms with Crippen LogP contribution in [0.2, 0.25) is 0 Å². The third kappa shape index (κ3) is 2.29. The lowest BCUT2D eigenvalue weighted by molar-refractivity contribution is -0.136. The Hall–Kier alpha value is -2.23. The van der Waals surface area contributed by atoms with Crippen molar-refractivity contribution in [3.05, 3.63) is 41.7 Å². The van der Waals surface area contributed by atoms with Crippen molar-refractivity contribution < 1.29 is 4.79 Å². The minimum absolute atomic E-state index is 0.0274. The third-order valence-corrected chi connectivity index (χ3v) is 10.3. The third-order valence-electron chi connectivity index (χ3n) is 10.3. The molecule has 0 radical (unpaired) electrons. The fourth-order valence-corrected chi connectivity index (χ4v) is 8.55. The van der Waals surface area contributed by atoms with Crippen molar-refractivity contribution in [3.63, 3.8) is 0 Å². The van der Waals surface area contributed by atoms with Gasteiger partial charge in [0.2, 0.25) is 5.78 Å². The zero-order valence-electron chi connectivity index (χ0n) is 18.6. The van der Waals surface area contributed by atoms with Crippen LogP contribution in [-0.4, -0.2) is 20.2 Å². The first kappa shape index (κ1) is 18.4. The summed E-state index contributed by atoms with van der Waals surface area (Å²) in [5.41, 5.74) is 5.18. The Morgan fingerprint density at radius 1 is 1.03 bits per heavy atom. The molecule has 4 unspecified atom stereocenters. The number of rotatable bonds is 0. The first-order chi connectivity index (χ1) is 15.0. The summed E-state index contributed by atoms with van der Waals surface area (Å²) < 4.78 is 2.20. The molecular formula is C27H31N3O. The van der Waals surface area contributed by atoms with Crippen molar-refractivity contribution in [3.8, 4) is 0 Å². The molecule has 3 saturated carbocycles. The predicted molar refractivity (Wildman–Crippen MR) is 121 cm³/mol. The van der Waals surface area contributed by atoms with E-state index in [9.17, 15) is 4.79 Å². The van der Waals surface area contributed by atoms with Crippen LogP contribution in [0.4, 0.5) is 0 Å². The lowest BCUT2D eigenvalue weighted by Crippen LogP contribution is -2.54. The first-order valence-electron chi connectivity index (χ1n) is 12.3. The lowest BCUT2D eigenvalue weighted by atomic mass is 9.45. The maximum atomic E-state index is 12.7. The van der Waals surface area contributed by atoms with Crippen LogP contribution >= 0.6 is 0 Å². The van der Waals surface area contributed by atoms with Crippen LogP contribution in [0.3, 0.4) is 0 Å². The molecule has 160 valence electrons. The van der Waals surface area contributed by atoms with E-state index in [2.05, 4.69) is 48.7 Å². The van der Waals surface area contributed by atoms with Crippen LogP contribution in [0, 0.1) is 34.5 Å². The van der Waals surface area contributed by atoms with Gasteiger partial charge >= 0.3 is 0 Å². The van der Waals surface area contributed by atoms with Crippen LogP contribution in [0.5, 0.6) is 0 Å². The number of Topliss-reactive ketones (excluding diaryl/α,β-unsaturated/α-hetero) is 1. The monoisotopic (exact) mass is 413 g/mol. The zero-order valence-corrected chi connectivity index (χ0v) is 18.6. The predicted octanol–water partition coefficient (Wildman–Crippen LogP) is 5.41. The van der Waals surface area contributed by atoms with Crippen LogP contribution in [0.15, 0.2) is 30.5 Å². The highest BCUT2D eigenvalue weighted by Crippen LogP contribution is 2.64. The van der Waals surface area contributed by atoms with E-state index in [4.69, 9.17) is 9.97 Å². The Kier molecular flexibility index (Phi) is 3.53. The number of hydrogen-bond acceptors (Lipinski definition) is 3. The smallest absolute Gasteiger partial charge is 0.235 e. The van der Waals surface area contributed by atoms with Crippen molar-refractivity contribution in [1.82, 2.24) is 14.4 Å².